The second-order valence-corrected chi connectivity index (χ2v) is 6.91. The van der Waals surface area contributed by atoms with Crippen LogP contribution in [0.4, 0.5) is 4.39 Å². The fourth-order valence-electron chi connectivity index (χ4n) is 3.83. The van der Waals surface area contributed by atoms with Crippen molar-refractivity contribution < 1.29 is 4.39 Å². The minimum atomic E-state index is -0.435. The highest BCUT2D eigenvalue weighted by Gasteiger charge is 2.19. The van der Waals surface area contributed by atoms with Gasteiger partial charge in [-0.2, -0.15) is 0 Å². The van der Waals surface area contributed by atoms with E-state index in [1.165, 1.54) is 12.1 Å². The first-order valence-corrected chi connectivity index (χ1v) is 9.10. The van der Waals surface area contributed by atoms with Crippen molar-refractivity contribution in [2.24, 2.45) is 4.99 Å². The summed E-state index contributed by atoms with van der Waals surface area (Å²) in [4.78, 5) is 24.0. The number of halogens is 1. The van der Waals surface area contributed by atoms with Crippen LogP contribution >= 0.6 is 0 Å². The molecule has 2 aromatic carbocycles. The van der Waals surface area contributed by atoms with Gasteiger partial charge in [-0.3, -0.25) is 9.79 Å². The van der Waals surface area contributed by atoms with Crippen LogP contribution in [0.25, 0.3) is 27.5 Å². The van der Waals surface area contributed by atoms with Crippen molar-refractivity contribution >= 4 is 33.7 Å². The zero-order valence-electron chi connectivity index (χ0n) is 15.2. The number of hydrogen-bond donors (Lipinski definition) is 1. The largest absolute Gasteiger partial charge is 0.320 e. The number of para-hydroxylation sites is 3. The lowest BCUT2D eigenvalue weighted by Crippen LogP contribution is -2.12. The van der Waals surface area contributed by atoms with Gasteiger partial charge in [0.05, 0.1) is 23.1 Å². The molecule has 5 rings (SSSR count). The van der Waals surface area contributed by atoms with Crippen LogP contribution < -0.4 is 5.56 Å². The molecule has 4 aromatic rings. The van der Waals surface area contributed by atoms with Crippen LogP contribution in [0.3, 0.4) is 0 Å². The van der Waals surface area contributed by atoms with Gasteiger partial charge in [0.1, 0.15) is 11.6 Å². The molecular weight excluding hydrogens is 355 g/mol. The quantitative estimate of drug-likeness (QED) is 0.584. The number of H-pyrrole nitrogens is 1. The lowest BCUT2D eigenvalue weighted by Gasteiger charge is -2.13. The van der Waals surface area contributed by atoms with Gasteiger partial charge in [-0.1, -0.05) is 24.3 Å². The Hall–Kier alpha value is -3.54. The maximum absolute atomic E-state index is 14.2. The predicted molar refractivity (Wildman–Crippen MR) is 109 cm³/mol. The Morgan fingerprint density at radius 1 is 1.18 bits per heavy atom. The van der Waals surface area contributed by atoms with E-state index in [-0.39, 0.29) is 11.1 Å². The average molecular weight is 372 g/mol. The van der Waals surface area contributed by atoms with Gasteiger partial charge in [-0.25, -0.2) is 9.37 Å². The van der Waals surface area contributed by atoms with Gasteiger partial charge >= 0.3 is 0 Å². The van der Waals surface area contributed by atoms with Crippen molar-refractivity contribution in [2.45, 2.75) is 19.9 Å². The third-order valence-electron chi connectivity index (χ3n) is 5.18. The van der Waals surface area contributed by atoms with Gasteiger partial charge in [0.25, 0.3) is 0 Å². The number of rotatable bonds is 3. The molecule has 0 radical (unpaired) electrons. The lowest BCUT2D eigenvalue weighted by molar-refractivity contribution is 0.636. The van der Waals surface area contributed by atoms with Crippen molar-refractivity contribution in [3.8, 4) is 0 Å². The monoisotopic (exact) mass is 372 g/mol. The third-order valence-corrected chi connectivity index (χ3v) is 5.18. The van der Waals surface area contributed by atoms with Crippen molar-refractivity contribution in [3.63, 3.8) is 0 Å². The zero-order chi connectivity index (χ0) is 19.3. The molecule has 0 saturated heterocycles. The molecule has 5 nitrogen and oxygen atoms in total. The Morgan fingerprint density at radius 2 is 2.04 bits per heavy atom. The Kier molecular flexibility index (Phi) is 3.72. The van der Waals surface area contributed by atoms with E-state index in [1.54, 1.807) is 6.07 Å². The van der Waals surface area contributed by atoms with Gasteiger partial charge in [0.15, 0.2) is 0 Å². The van der Waals surface area contributed by atoms with E-state index in [1.807, 2.05) is 43.5 Å². The second kappa shape index (κ2) is 6.27. The van der Waals surface area contributed by atoms with E-state index < -0.39 is 5.82 Å². The molecule has 2 aromatic heterocycles. The fourth-order valence-corrected chi connectivity index (χ4v) is 3.83. The van der Waals surface area contributed by atoms with Gasteiger partial charge in [-0.05, 0) is 30.7 Å². The van der Waals surface area contributed by atoms with Gasteiger partial charge in [0, 0.05) is 35.4 Å². The van der Waals surface area contributed by atoms with E-state index in [4.69, 9.17) is 4.98 Å². The molecule has 1 N–H and O–H groups in total. The summed E-state index contributed by atoms with van der Waals surface area (Å²) in [5.41, 5.74) is 4.52. The summed E-state index contributed by atoms with van der Waals surface area (Å²) >= 11 is 0. The number of aromatic nitrogens is 3. The Balaban J connectivity index is 1.75. The molecule has 0 bridgehead atoms. The van der Waals surface area contributed by atoms with Crippen molar-refractivity contribution in [3.05, 3.63) is 81.8 Å². The normalized spacial score (nSPS) is 13.9. The summed E-state index contributed by atoms with van der Waals surface area (Å²) in [5, 5.41) is 0.691. The molecule has 0 fully saturated rings. The number of nitrogens with zero attached hydrogens (tertiary/aromatic N) is 3. The maximum atomic E-state index is 14.2. The average Bonchev–Trinajstić information content (AvgIpc) is 3.26. The van der Waals surface area contributed by atoms with Crippen LogP contribution in [0.5, 0.6) is 0 Å². The highest BCUT2D eigenvalue weighted by Crippen LogP contribution is 2.30. The molecule has 0 spiro atoms. The van der Waals surface area contributed by atoms with Crippen molar-refractivity contribution in [1.82, 2.24) is 14.5 Å². The summed E-state index contributed by atoms with van der Waals surface area (Å²) in [6, 6.07) is 14.3. The van der Waals surface area contributed by atoms with E-state index in [0.29, 0.717) is 11.9 Å². The van der Waals surface area contributed by atoms with Gasteiger partial charge < -0.3 is 9.55 Å². The number of allylic oxidation sites excluding steroid dienone is 2. The Labute approximate surface area is 159 Å². The molecular formula is C22H17FN4O. The Morgan fingerprint density at radius 3 is 2.86 bits per heavy atom. The molecule has 0 saturated carbocycles. The molecule has 6 heteroatoms. The Bertz CT molecular complexity index is 1360. The molecule has 0 amide bonds. The first-order chi connectivity index (χ1) is 13.6. The molecule has 1 aliphatic rings. The van der Waals surface area contributed by atoms with E-state index >= 15 is 0 Å². The molecule has 0 atom stereocenters. The standard InChI is InChI=1S/C22H17FN4O/c1-13-15(9-10-24-13)22-25-18-7-2-3-8-19(18)27(22)12-14-11-20(28)26-21-16(14)5-4-6-17(21)23/h2-8,10-11H,9,12H2,1H3,(H,26,28). The second-order valence-electron chi connectivity index (χ2n) is 6.91. The van der Waals surface area contributed by atoms with Gasteiger partial charge in [-0.15, -0.1) is 0 Å². The summed E-state index contributed by atoms with van der Waals surface area (Å²) < 4.78 is 16.3. The summed E-state index contributed by atoms with van der Waals surface area (Å²) in [6.07, 6.45) is 2.60. The predicted octanol–water partition coefficient (Wildman–Crippen LogP) is 4.27. The SMILES string of the molecule is CC1=C(c2nc3ccccc3n2Cc2cc(=O)[nH]c3c(F)cccc23)CC=N1. The molecule has 3 heterocycles. The van der Waals surface area contributed by atoms with Crippen molar-refractivity contribution in [2.75, 3.05) is 0 Å². The maximum Gasteiger partial charge on any atom is 0.248 e. The molecule has 0 unspecified atom stereocenters. The number of benzene rings is 2. The van der Waals surface area contributed by atoms with Crippen LogP contribution in [0.15, 0.2) is 64.0 Å². The molecule has 0 aliphatic carbocycles. The summed E-state index contributed by atoms with van der Waals surface area (Å²) in [7, 11) is 0. The first-order valence-electron chi connectivity index (χ1n) is 9.10. The minimum Gasteiger partial charge on any atom is -0.320 e. The van der Waals surface area contributed by atoms with E-state index in [0.717, 1.165) is 40.1 Å². The molecule has 1 aliphatic heterocycles. The van der Waals surface area contributed by atoms with Crippen LogP contribution in [-0.4, -0.2) is 20.7 Å². The van der Waals surface area contributed by atoms with Gasteiger partial charge in [0.2, 0.25) is 5.56 Å². The van der Waals surface area contributed by atoms with Crippen molar-refractivity contribution in [1.29, 1.82) is 0 Å². The number of aromatic amines is 1. The van der Waals surface area contributed by atoms with E-state index in [2.05, 4.69) is 14.5 Å². The smallest absolute Gasteiger partial charge is 0.248 e. The zero-order valence-corrected chi connectivity index (χ0v) is 15.2. The summed E-state index contributed by atoms with van der Waals surface area (Å²) in [5.74, 6) is 0.399. The van der Waals surface area contributed by atoms with Crippen LogP contribution in [0.1, 0.15) is 24.7 Å². The number of imidazole rings is 1. The van der Waals surface area contributed by atoms with Crippen LogP contribution in [-0.2, 0) is 6.54 Å². The third kappa shape index (κ3) is 2.57. The van der Waals surface area contributed by atoms with E-state index in [9.17, 15) is 9.18 Å². The number of hydrogen-bond acceptors (Lipinski definition) is 3. The topological polar surface area (TPSA) is 63.0 Å². The number of nitrogens with one attached hydrogen (secondary N) is 1. The summed E-state index contributed by atoms with van der Waals surface area (Å²) in [6.45, 7) is 2.39. The number of aliphatic imine (C=N–C) groups is 1. The molecule has 138 valence electrons. The fraction of sp³-hybridized carbons (Fsp3) is 0.136. The number of fused-ring (bicyclic) bond motifs is 2. The van der Waals surface area contributed by atoms with Crippen LogP contribution in [0.2, 0.25) is 0 Å². The minimum absolute atomic E-state index is 0.232. The number of pyridine rings is 1. The lowest BCUT2D eigenvalue weighted by atomic mass is 10.1. The first kappa shape index (κ1) is 16.6. The highest BCUT2D eigenvalue weighted by atomic mass is 19.1. The van der Waals surface area contributed by atoms with Crippen LogP contribution in [0, 0.1) is 5.82 Å². The molecule has 28 heavy (non-hydrogen) atoms. The highest BCUT2D eigenvalue weighted by molar-refractivity contribution is 5.88.